The third-order valence-electron chi connectivity index (χ3n) is 2.06. The van der Waals surface area contributed by atoms with Gasteiger partial charge in [0.25, 0.3) is 0 Å². The molecule has 0 saturated carbocycles. The van der Waals surface area contributed by atoms with Gasteiger partial charge in [-0.1, -0.05) is 0 Å². The van der Waals surface area contributed by atoms with Gasteiger partial charge < -0.3 is 10.3 Å². The lowest BCUT2D eigenvalue weighted by molar-refractivity contribution is -0.146. The highest BCUT2D eigenvalue weighted by Gasteiger charge is 2.26. The quantitative estimate of drug-likeness (QED) is 0.501. The number of hydrogen-bond acceptors (Lipinski definition) is 5. The van der Waals surface area contributed by atoms with Crippen LogP contribution in [-0.4, -0.2) is 34.5 Å². The molecule has 0 aromatic rings. The Kier molecular flexibility index (Phi) is 3.15. The van der Waals surface area contributed by atoms with E-state index in [-0.39, 0.29) is 11.8 Å². The smallest absolute Gasteiger partial charge is 0.307 e. The predicted octanol–water partition coefficient (Wildman–Crippen LogP) is 0.179. The van der Waals surface area contributed by atoms with E-state index in [0.717, 1.165) is 5.01 Å². The zero-order chi connectivity index (χ0) is 9.84. The minimum Gasteiger partial charge on any atom is -0.724 e. The maximum atomic E-state index is 10.7. The van der Waals surface area contributed by atoms with Gasteiger partial charge in [-0.3, -0.25) is 10.1 Å². The Morgan fingerprint density at radius 3 is 2.92 bits per heavy atom. The molecule has 1 rings (SSSR count). The van der Waals surface area contributed by atoms with E-state index in [1.165, 1.54) is 0 Å². The van der Waals surface area contributed by atoms with Gasteiger partial charge in [-0.05, 0) is 12.8 Å². The lowest BCUT2D eigenvalue weighted by Crippen LogP contribution is -2.44. The van der Waals surface area contributed by atoms with Crippen LogP contribution < -0.4 is 0 Å². The molecule has 7 nitrogen and oxygen atoms in total. The summed E-state index contributed by atoms with van der Waals surface area (Å²) in [5.74, 6) is -1.52. The first-order valence-electron chi connectivity index (χ1n) is 3.93. The van der Waals surface area contributed by atoms with Crippen molar-refractivity contribution in [1.82, 2.24) is 10.3 Å². The summed E-state index contributed by atoms with van der Waals surface area (Å²) in [6, 6.07) is 0. The second-order valence-electron chi connectivity index (χ2n) is 2.92. The summed E-state index contributed by atoms with van der Waals surface area (Å²) >= 11 is 0. The van der Waals surface area contributed by atoms with Crippen molar-refractivity contribution in [2.24, 2.45) is 11.2 Å². The highest BCUT2D eigenvalue weighted by molar-refractivity contribution is 5.70. The Morgan fingerprint density at radius 1 is 1.69 bits per heavy atom. The number of nitrogens with zero attached hydrogens (tertiary/aromatic N) is 3. The lowest BCUT2D eigenvalue weighted by Gasteiger charge is -2.38. The van der Waals surface area contributed by atoms with Crippen LogP contribution in [0.25, 0.3) is 0 Å². The van der Waals surface area contributed by atoms with Gasteiger partial charge in [0.05, 0.1) is 11.2 Å². The van der Waals surface area contributed by atoms with E-state index < -0.39 is 11.9 Å². The van der Waals surface area contributed by atoms with E-state index >= 15 is 0 Å². The number of carboxylic acid groups (broad SMARTS) is 1. The van der Waals surface area contributed by atoms with Crippen molar-refractivity contribution in [2.45, 2.75) is 12.8 Å². The summed E-state index contributed by atoms with van der Waals surface area (Å²) in [6.45, 7) is 0.448. The molecule has 13 heavy (non-hydrogen) atoms. The third-order valence-corrected chi connectivity index (χ3v) is 2.06. The molecule has 0 bridgehead atoms. The van der Waals surface area contributed by atoms with Gasteiger partial charge in [0.15, 0.2) is 0 Å². The lowest BCUT2D eigenvalue weighted by atomic mass is 10.00. The molecule has 1 atom stereocenters. The Morgan fingerprint density at radius 2 is 2.38 bits per heavy atom. The summed E-state index contributed by atoms with van der Waals surface area (Å²) in [7, 11) is 0. The molecule has 1 fully saturated rings. The number of carbonyl (C=O) groups is 1. The van der Waals surface area contributed by atoms with Crippen molar-refractivity contribution in [3.63, 3.8) is 0 Å². The van der Waals surface area contributed by atoms with E-state index in [1.807, 2.05) is 0 Å². The van der Waals surface area contributed by atoms with Crippen LogP contribution >= 0.6 is 0 Å². The Balaban J connectivity index is 2.50. The SMILES string of the molecule is O=NN([O-])N1CCCC(C(=O)O)C1. The van der Waals surface area contributed by atoms with Crippen molar-refractivity contribution in [3.05, 3.63) is 10.1 Å². The van der Waals surface area contributed by atoms with E-state index in [4.69, 9.17) is 5.11 Å². The standard InChI is InChI=1S/C6H10N3O4/c10-6(11)5-2-1-3-8(4-5)9(13)7-12/h5H,1-4H2,(H,10,11)/q-1. The van der Waals surface area contributed by atoms with Crippen LogP contribution in [0.15, 0.2) is 5.29 Å². The van der Waals surface area contributed by atoms with Gasteiger partial charge in [-0.15, -0.1) is 4.91 Å². The second kappa shape index (κ2) is 4.15. The van der Waals surface area contributed by atoms with Gasteiger partial charge >= 0.3 is 5.97 Å². The molecule has 1 aliphatic rings. The van der Waals surface area contributed by atoms with Crippen LogP contribution in [0, 0.1) is 16.0 Å². The topological polar surface area (TPSA) is 96.3 Å². The van der Waals surface area contributed by atoms with Crippen LogP contribution in [-0.2, 0) is 4.79 Å². The Bertz CT molecular complexity index is 210. The van der Waals surface area contributed by atoms with Crippen LogP contribution in [0.5, 0.6) is 0 Å². The molecule has 0 aliphatic carbocycles. The summed E-state index contributed by atoms with van der Waals surface area (Å²) in [5.41, 5.74) is 0. The minimum atomic E-state index is -0.941. The van der Waals surface area contributed by atoms with Crippen molar-refractivity contribution in [3.8, 4) is 0 Å². The van der Waals surface area contributed by atoms with E-state index in [1.54, 1.807) is 0 Å². The fourth-order valence-electron chi connectivity index (χ4n) is 1.37. The number of carboxylic acids is 1. The van der Waals surface area contributed by atoms with Gasteiger partial charge in [-0.25, -0.2) is 5.01 Å². The van der Waals surface area contributed by atoms with Gasteiger partial charge in [0.2, 0.25) is 0 Å². The molecular weight excluding hydrogens is 178 g/mol. The zero-order valence-corrected chi connectivity index (χ0v) is 6.92. The first-order valence-corrected chi connectivity index (χ1v) is 3.93. The van der Waals surface area contributed by atoms with E-state index in [0.29, 0.717) is 19.4 Å². The fraction of sp³-hybridized carbons (Fsp3) is 0.833. The van der Waals surface area contributed by atoms with Gasteiger partial charge in [-0.2, -0.15) is 0 Å². The highest BCUT2D eigenvalue weighted by Crippen LogP contribution is 2.17. The van der Waals surface area contributed by atoms with Crippen molar-refractivity contribution < 1.29 is 9.90 Å². The minimum absolute atomic E-state index is 0.0601. The van der Waals surface area contributed by atoms with Crippen molar-refractivity contribution >= 4 is 5.97 Å². The maximum Gasteiger partial charge on any atom is 0.307 e. The van der Waals surface area contributed by atoms with Crippen LogP contribution in [0.3, 0.4) is 0 Å². The molecule has 7 heteroatoms. The molecule has 1 saturated heterocycles. The first kappa shape index (κ1) is 9.87. The molecule has 1 aliphatic heterocycles. The molecule has 0 spiro atoms. The first-order chi connectivity index (χ1) is 6.15. The largest absolute Gasteiger partial charge is 0.724 e. The van der Waals surface area contributed by atoms with Crippen LogP contribution in [0.4, 0.5) is 0 Å². The Labute approximate surface area is 74.4 Å². The Hall–Kier alpha value is -1.21. The van der Waals surface area contributed by atoms with Gasteiger partial charge in [0.1, 0.15) is 0 Å². The summed E-state index contributed by atoms with van der Waals surface area (Å²) < 4.78 is 0. The van der Waals surface area contributed by atoms with Crippen molar-refractivity contribution in [2.75, 3.05) is 13.1 Å². The third kappa shape index (κ3) is 2.36. The number of piperidine rings is 1. The molecule has 0 amide bonds. The normalized spacial score (nSPS) is 23.9. The average Bonchev–Trinajstić information content (AvgIpc) is 2.17. The number of hydrogen-bond donors (Lipinski definition) is 1. The molecule has 0 aromatic heterocycles. The predicted molar refractivity (Wildman–Crippen MR) is 42.9 cm³/mol. The number of rotatable bonds is 3. The number of hydrazine groups is 1. The van der Waals surface area contributed by atoms with E-state index in [2.05, 4.69) is 5.29 Å². The molecule has 0 radical (unpaired) electrons. The molecule has 1 unspecified atom stereocenters. The monoisotopic (exact) mass is 188 g/mol. The summed E-state index contributed by atoms with van der Waals surface area (Å²) in [6.07, 6.45) is 1.13. The maximum absolute atomic E-state index is 10.7. The zero-order valence-electron chi connectivity index (χ0n) is 6.92. The van der Waals surface area contributed by atoms with Crippen LogP contribution in [0.2, 0.25) is 0 Å². The summed E-state index contributed by atoms with van der Waals surface area (Å²) in [5, 5.41) is 22.5. The van der Waals surface area contributed by atoms with Gasteiger partial charge in [0, 0.05) is 13.1 Å². The molecular formula is C6H10N3O4-. The average molecular weight is 188 g/mol. The van der Waals surface area contributed by atoms with Crippen molar-refractivity contribution in [1.29, 1.82) is 0 Å². The molecule has 1 heterocycles. The molecule has 1 N–H and O–H groups in total. The molecule has 0 aromatic carbocycles. The molecule has 74 valence electrons. The second-order valence-corrected chi connectivity index (χ2v) is 2.92. The summed E-state index contributed by atoms with van der Waals surface area (Å²) in [4.78, 5) is 20.4. The van der Waals surface area contributed by atoms with Crippen LogP contribution in [0.1, 0.15) is 12.8 Å². The fourth-order valence-corrected chi connectivity index (χ4v) is 1.37. The highest BCUT2D eigenvalue weighted by atomic mass is 16.6. The van der Waals surface area contributed by atoms with E-state index in [9.17, 15) is 14.9 Å². The number of nitroso groups, excluding NO2 is 1. The number of aliphatic carboxylic acids is 1.